The van der Waals surface area contributed by atoms with Gasteiger partial charge in [-0.3, -0.25) is 0 Å². The fourth-order valence-electron chi connectivity index (χ4n) is 1.70. The molecule has 0 radical (unpaired) electrons. The molecule has 5 heteroatoms. The molecule has 0 amide bonds. The number of hydrogen-bond donors (Lipinski definition) is 1. The van der Waals surface area contributed by atoms with Crippen LogP contribution in [0.4, 0.5) is 11.4 Å². The molecule has 0 saturated carbocycles. The molecule has 1 heterocycles. The van der Waals surface area contributed by atoms with E-state index in [4.69, 9.17) is 22.1 Å². The number of rotatable bonds is 4. The third-order valence-corrected chi connectivity index (χ3v) is 3.90. The van der Waals surface area contributed by atoms with Crippen LogP contribution < -0.4 is 15.4 Å². The van der Waals surface area contributed by atoms with Gasteiger partial charge in [0.15, 0.2) is 0 Å². The Morgan fingerprint density at radius 2 is 2.11 bits per heavy atom. The number of thiophene rings is 1. The highest BCUT2D eigenvalue weighted by Crippen LogP contribution is 2.29. The van der Waals surface area contributed by atoms with E-state index in [2.05, 4.69) is 4.90 Å². The lowest BCUT2D eigenvalue weighted by Gasteiger charge is -2.19. The quantitative estimate of drug-likeness (QED) is 0.871. The smallest absolute Gasteiger partial charge is 0.143 e. The Kier molecular flexibility index (Phi) is 3.99. The van der Waals surface area contributed by atoms with Crippen LogP contribution in [0, 0.1) is 0 Å². The van der Waals surface area contributed by atoms with E-state index in [1.807, 2.05) is 37.4 Å². The van der Waals surface area contributed by atoms with Crippen molar-refractivity contribution in [3.05, 3.63) is 39.5 Å². The molecule has 0 unspecified atom stereocenters. The first kappa shape index (κ1) is 13.1. The Morgan fingerprint density at radius 1 is 1.33 bits per heavy atom. The second-order valence-corrected chi connectivity index (χ2v) is 5.79. The van der Waals surface area contributed by atoms with Crippen LogP contribution in [0.3, 0.4) is 0 Å². The second-order valence-electron chi connectivity index (χ2n) is 3.99. The van der Waals surface area contributed by atoms with Gasteiger partial charge in [-0.1, -0.05) is 11.6 Å². The Morgan fingerprint density at radius 3 is 2.72 bits per heavy atom. The Bertz CT molecular complexity index is 542. The Hall–Kier alpha value is -1.39. The second kappa shape index (κ2) is 5.50. The number of nitrogens with zero attached hydrogens (tertiary/aromatic N) is 1. The molecule has 1 aromatic heterocycles. The number of ether oxygens (including phenoxy) is 1. The molecule has 3 nitrogen and oxygen atoms in total. The summed E-state index contributed by atoms with van der Waals surface area (Å²) in [5.41, 5.74) is 7.50. The molecule has 96 valence electrons. The summed E-state index contributed by atoms with van der Waals surface area (Å²) in [6.45, 7) is 0.810. The Labute approximate surface area is 116 Å². The van der Waals surface area contributed by atoms with Crippen molar-refractivity contribution in [1.29, 1.82) is 0 Å². The van der Waals surface area contributed by atoms with Crippen LogP contribution in [0.15, 0.2) is 30.3 Å². The van der Waals surface area contributed by atoms with E-state index in [1.54, 1.807) is 18.4 Å². The lowest BCUT2D eigenvalue weighted by Crippen LogP contribution is -2.15. The van der Waals surface area contributed by atoms with E-state index < -0.39 is 0 Å². The van der Waals surface area contributed by atoms with Gasteiger partial charge in [-0.25, -0.2) is 0 Å². The molecule has 2 N–H and O–H groups in total. The van der Waals surface area contributed by atoms with Crippen molar-refractivity contribution in [3.8, 4) is 5.75 Å². The lowest BCUT2D eigenvalue weighted by atomic mass is 10.2. The molecule has 0 atom stereocenters. The predicted molar refractivity (Wildman–Crippen MR) is 78.8 cm³/mol. The summed E-state index contributed by atoms with van der Waals surface area (Å²) < 4.78 is 6.03. The van der Waals surface area contributed by atoms with Crippen molar-refractivity contribution in [1.82, 2.24) is 0 Å². The molecule has 0 aliphatic carbocycles. The van der Waals surface area contributed by atoms with E-state index in [9.17, 15) is 0 Å². The third kappa shape index (κ3) is 2.89. The number of benzene rings is 1. The molecule has 0 saturated heterocycles. The maximum atomic E-state index is 5.92. The van der Waals surface area contributed by atoms with Gasteiger partial charge in [-0.05, 0) is 24.3 Å². The molecule has 0 aliphatic heterocycles. The van der Waals surface area contributed by atoms with E-state index in [1.165, 1.54) is 4.88 Å². The average molecular weight is 283 g/mol. The zero-order chi connectivity index (χ0) is 13.1. The van der Waals surface area contributed by atoms with Crippen LogP contribution in [0.5, 0.6) is 5.75 Å². The molecule has 2 rings (SSSR count). The van der Waals surface area contributed by atoms with Crippen molar-refractivity contribution in [2.45, 2.75) is 6.54 Å². The van der Waals surface area contributed by atoms with Crippen molar-refractivity contribution in [2.24, 2.45) is 0 Å². The minimum Gasteiger partial charge on any atom is -0.495 e. The highest BCUT2D eigenvalue weighted by Gasteiger charge is 2.07. The van der Waals surface area contributed by atoms with E-state index >= 15 is 0 Å². The van der Waals surface area contributed by atoms with Gasteiger partial charge in [0, 0.05) is 23.7 Å². The number of hydrogen-bond acceptors (Lipinski definition) is 4. The normalized spacial score (nSPS) is 10.4. The number of nitrogen functional groups attached to an aromatic ring is 1. The number of nitrogens with two attached hydrogens (primary N) is 1. The molecule has 0 fully saturated rings. The largest absolute Gasteiger partial charge is 0.495 e. The van der Waals surface area contributed by atoms with Gasteiger partial charge in [0.05, 0.1) is 23.7 Å². The van der Waals surface area contributed by atoms with E-state index in [-0.39, 0.29) is 0 Å². The fraction of sp³-hybridized carbons (Fsp3) is 0.231. The van der Waals surface area contributed by atoms with Gasteiger partial charge in [0.25, 0.3) is 0 Å². The number of halogens is 1. The van der Waals surface area contributed by atoms with Gasteiger partial charge < -0.3 is 15.4 Å². The van der Waals surface area contributed by atoms with Crippen LogP contribution in [-0.4, -0.2) is 14.2 Å². The first-order chi connectivity index (χ1) is 8.60. The number of anilines is 2. The summed E-state index contributed by atoms with van der Waals surface area (Å²) in [5.74, 6) is 0.698. The minimum atomic E-state index is 0.647. The molecule has 1 aromatic carbocycles. The van der Waals surface area contributed by atoms with Crippen molar-refractivity contribution >= 4 is 34.3 Å². The molecule has 0 aliphatic rings. The summed E-state index contributed by atoms with van der Waals surface area (Å²) in [6.07, 6.45) is 0. The van der Waals surface area contributed by atoms with Crippen LogP contribution in [0.2, 0.25) is 4.34 Å². The SMILES string of the molecule is COc1cc(N(C)Cc2ccc(Cl)s2)ccc1N. The fourth-order valence-corrected chi connectivity index (χ4v) is 2.84. The average Bonchev–Trinajstić information content (AvgIpc) is 2.75. The zero-order valence-corrected chi connectivity index (χ0v) is 11.9. The Balaban J connectivity index is 2.15. The zero-order valence-electron chi connectivity index (χ0n) is 10.3. The first-order valence-corrected chi connectivity index (χ1v) is 6.68. The van der Waals surface area contributed by atoms with E-state index in [0.29, 0.717) is 11.4 Å². The maximum absolute atomic E-state index is 5.92. The number of methoxy groups -OCH3 is 1. The molecular formula is C13H15ClN2OS. The molecule has 0 bridgehead atoms. The molecule has 18 heavy (non-hydrogen) atoms. The van der Waals surface area contributed by atoms with Gasteiger partial charge >= 0.3 is 0 Å². The summed E-state index contributed by atoms with van der Waals surface area (Å²) in [6, 6.07) is 9.72. The highest BCUT2D eigenvalue weighted by atomic mass is 35.5. The molecular weight excluding hydrogens is 268 g/mol. The van der Waals surface area contributed by atoms with Crippen molar-refractivity contribution in [3.63, 3.8) is 0 Å². The topological polar surface area (TPSA) is 38.5 Å². The van der Waals surface area contributed by atoms with Gasteiger partial charge in [0.1, 0.15) is 5.75 Å². The first-order valence-electron chi connectivity index (χ1n) is 5.49. The highest BCUT2D eigenvalue weighted by molar-refractivity contribution is 7.16. The van der Waals surface area contributed by atoms with Crippen molar-refractivity contribution in [2.75, 3.05) is 24.8 Å². The van der Waals surface area contributed by atoms with Crippen LogP contribution in [0.1, 0.15) is 4.88 Å². The summed E-state index contributed by atoms with van der Waals surface area (Å²) in [5, 5.41) is 0. The third-order valence-electron chi connectivity index (χ3n) is 2.68. The standard InChI is InChI=1S/C13H15ClN2OS/c1-16(8-10-4-6-13(14)18-10)9-3-5-11(15)12(7-9)17-2/h3-7H,8,15H2,1-2H3. The van der Waals surface area contributed by atoms with Crippen molar-refractivity contribution < 1.29 is 4.74 Å². The van der Waals surface area contributed by atoms with Gasteiger partial charge in [-0.2, -0.15) is 0 Å². The van der Waals surface area contributed by atoms with E-state index in [0.717, 1.165) is 16.6 Å². The summed E-state index contributed by atoms with van der Waals surface area (Å²) in [7, 11) is 3.65. The van der Waals surface area contributed by atoms with Gasteiger partial charge in [-0.15, -0.1) is 11.3 Å². The summed E-state index contributed by atoms with van der Waals surface area (Å²) in [4.78, 5) is 3.35. The van der Waals surface area contributed by atoms with Gasteiger partial charge in [0.2, 0.25) is 0 Å². The maximum Gasteiger partial charge on any atom is 0.143 e. The molecule has 0 spiro atoms. The van der Waals surface area contributed by atoms with Crippen LogP contribution >= 0.6 is 22.9 Å². The molecule has 2 aromatic rings. The monoisotopic (exact) mass is 282 g/mol. The van der Waals surface area contributed by atoms with Crippen LogP contribution in [0.25, 0.3) is 0 Å². The lowest BCUT2D eigenvalue weighted by molar-refractivity contribution is 0.417. The van der Waals surface area contributed by atoms with Crippen LogP contribution in [-0.2, 0) is 6.54 Å². The predicted octanol–water partition coefficient (Wildman–Crippen LogP) is 3.63. The summed E-state index contributed by atoms with van der Waals surface area (Å²) >= 11 is 7.51. The minimum absolute atomic E-state index is 0.647.